The minimum absolute atomic E-state index is 0.483. The molecule has 0 aliphatic carbocycles. The van der Waals surface area contributed by atoms with Crippen LogP contribution in [0.1, 0.15) is 19.3 Å². The Morgan fingerprint density at radius 3 is 3.13 bits per heavy atom. The Hall–Kier alpha value is -0.840. The summed E-state index contributed by atoms with van der Waals surface area (Å²) >= 11 is 1.99. The van der Waals surface area contributed by atoms with Gasteiger partial charge >= 0.3 is 0 Å². The number of hydrogen-bond donors (Lipinski definition) is 1. The number of nitrogens with one attached hydrogen (secondary N) is 1. The first kappa shape index (κ1) is 10.7. The zero-order chi connectivity index (χ0) is 10.5. The summed E-state index contributed by atoms with van der Waals surface area (Å²) in [6, 6.07) is 1.33. The van der Waals surface area contributed by atoms with Gasteiger partial charge in [0.1, 0.15) is 12.1 Å². The number of aromatic nitrogens is 2. The van der Waals surface area contributed by atoms with E-state index in [0.29, 0.717) is 11.1 Å². The first-order valence-electron chi connectivity index (χ1n) is 5.17. The monoisotopic (exact) mass is 227 g/mol. The molecule has 1 fully saturated rings. The minimum Gasteiger partial charge on any atom is -0.369 e. The third kappa shape index (κ3) is 3.34. The van der Waals surface area contributed by atoms with Crippen LogP contribution in [-0.4, -0.2) is 27.5 Å². The quantitative estimate of drug-likeness (QED) is 0.804. The van der Waals surface area contributed by atoms with E-state index >= 15 is 0 Å². The zero-order valence-electron chi connectivity index (χ0n) is 8.45. The van der Waals surface area contributed by atoms with Gasteiger partial charge in [0.05, 0.1) is 0 Å². The molecule has 82 valence electrons. The molecule has 0 saturated carbocycles. The highest BCUT2D eigenvalue weighted by molar-refractivity contribution is 7.99. The predicted molar refractivity (Wildman–Crippen MR) is 60.6 cm³/mol. The first-order chi connectivity index (χ1) is 7.34. The molecule has 0 bridgehead atoms. The fourth-order valence-electron chi connectivity index (χ4n) is 1.62. The van der Waals surface area contributed by atoms with E-state index < -0.39 is 5.95 Å². The van der Waals surface area contributed by atoms with Crippen molar-refractivity contribution in [2.45, 2.75) is 24.5 Å². The summed E-state index contributed by atoms with van der Waals surface area (Å²) in [5.41, 5.74) is 0. The average molecular weight is 227 g/mol. The van der Waals surface area contributed by atoms with Gasteiger partial charge in [0.2, 0.25) is 5.95 Å². The van der Waals surface area contributed by atoms with Gasteiger partial charge < -0.3 is 5.32 Å². The predicted octanol–water partition coefficient (Wildman–Crippen LogP) is 2.31. The largest absolute Gasteiger partial charge is 0.369 e. The molecular weight excluding hydrogens is 213 g/mol. The molecule has 1 N–H and O–H groups in total. The Bertz CT molecular complexity index is 315. The molecule has 1 aliphatic heterocycles. The molecule has 1 saturated heterocycles. The normalized spacial score (nSPS) is 21.3. The van der Waals surface area contributed by atoms with Gasteiger partial charge in [-0.25, -0.2) is 9.97 Å². The highest BCUT2D eigenvalue weighted by Gasteiger charge is 2.13. The smallest absolute Gasteiger partial charge is 0.217 e. The highest BCUT2D eigenvalue weighted by atomic mass is 32.2. The molecule has 3 nitrogen and oxygen atoms in total. The van der Waals surface area contributed by atoms with Gasteiger partial charge in [-0.05, 0) is 18.6 Å². The third-order valence-corrected chi connectivity index (χ3v) is 3.82. The number of halogens is 1. The molecule has 1 unspecified atom stereocenters. The van der Waals surface area contributed by atoms with Crippen LogP contribution in [0.2, 0.25) is 0 Å². The summed E-state index contributed by atoms with van der Waals surface area (Å²) in [5.74, 6) is 1.34. The second-order valence-corrected chi connectivity index (χ2v) is 5.00. The number of rotatable bonds is 3. The van der Waals surface area contributed by atoms with E-state index in [1.54, 1.807) is 0 Å². The number of thioether (sulfide) groups is 1. The van der Waals surface area contributed by atoms with Crippen molar-refractivity contribution in [3.8, 4) is 0 Å². The summed E-state index contributed by atoms with van der Waals surface area (Å²) < 4.78 is 12.7. The minimum atomic E-state index is -0.483. The highest BCUT2D eigenvalue weighted by Crippen LogP contribution is 2.24. The molecule has 15 heavy (non-hydrogen) atoms. The Kier molecular flexibility index (Phi) is 3.77. The molecule has 1 aromatic heterocycles. The van der Waals surface area contributed by atoms with E-state index in [0.717, 1.165) is 6.54 Å². The molecule has 1 aromatic rings. The van der Waals surface area contributed by atoms with Crippen LogP contribution in [0, 0.1) is 5.95 Å². The van der Waals surface area contributed by atoms with Gasteiger partial charge in [-0.2, -0.15) is 16.2 Å². The molecular formula is C10H14FN3S. The summed E-state index contributed by atoms with van der Waals surface area (Å²) in [6.45, 7) is 0.862. The Labute approximate surface area is 92.9 Å². The maximum atomic E-state index is 12.7. The lowest BCUT2D eigenvalue weighted by molar-refractivity contribution is 0.580. The molecule has 0 radical (unpaired) electrons. The van der Waals surface area contributed by atoms with Crippen molar-refractivity contribution < 1.29 is 4.39 Å². The summed E-state index contributed by atoms with van der Waals surface area (Å²) in [7, 11) is 0. The molecule has 0 spiro atoms. The van der Waals surface area contributed by atoms with Gasteiger partial charge in [-0.3, -0.25) is 0 Å². The van der Waals surface area contributed by atoms with Crippen LogP contribution in [0.5, 0.6) is 0 Å². The average Bonchev–Trinajstić information content (AvgIpc) is 2.28. The van der Waals surface area contributed by atoms with Crippen molar-refractivity contribution in [2.75, 3.05) is 17.6 Å². The van der Waals surface area contributed by atoms with E-state index in [1.165, 1.54) is 37.4 Å². The molecule has 1 atom stereocenters. The lowest BCUT2D eigenvalue weighted by atomic mass is 10.2. The van der Waals surface area contributed by atoms with Crippen molar-refractivity contribution in [3.63, 3.8) is 0 Å². The number of hydrogen-bond acceptors (Lipinski definition) is 4. The van der Waals surface area contributed by atoms with Gasteiger partial charge in [-0.1, -0.05) is 6.42 Å². The molecule has 2 heterocycles. The first-order valence-corrected chi connectivity index (χ1v) is 6.22. The maximum Gasteiger partial charge on any atom is 0.217 e. The van der Waals surface area contributed by atoms with Gasteiger partial charge in [0.25, 0.3) is 0 Å². The van der Waals surface area contributed by atoms with Crippen LogP contribution in [0.4, 0.5) is 10.2 Å². The molecule has 0 amide bonds. The summed E-state index contributed by atoms with van der Waals surface area (Å²) in [5, 5.41) is 3.78. The second kappa shape index (κ2) is 5.30. The third-order valence-electron chi connectivity index (χ3n) is 2.42. The van der Waals surface area contributed by atoms with E-state index in [9.17, 15) is 4.39 Å². The van der Waals surface area contributed by atoms with Crippen LogP contribution in [-0.2, 0) is 0 Å². The van der Waals surface area contributed by atoms with E-state index in [2.05, 4.69) is 15.3 Å². The van der Waals surface area contributed by atoms with E-state index in [4.69, 9.17) is 0 Å². The molecule has 0 aromatic carbocycles. The molecule has 1 aliphatic rings. The van der Waals surface area contributed by atoms with Crippen molar-refractivity contribution in [1.29, 1.82) is 0 Å². The Morgan fingerprint density at radius 1 is 1.47 bits per heavy atom. The van der Waals surface area contributed by atoms with Crippen molar-refractivity contribution >= 4 is 17.6 Å². The van der Waals surface area contributed by atoms with Gasteiger partial charge in [0, 0.05) is 17.9 Å². The second-order valence-electron chi connectivity index (χ2n) is 3.60. The number of nitrogens with zero attached hydrogens (tertiary/aromatic N) is 2. The number of anilines is 1. The Morgan fingerprint density at radius 2 is 2.40 bits per heavy atom. The van der Waals surface area contributed by atoms with Crippen molar-refractivity contribution in [2.24, 2.45) is 0 Å². The van der Waals surface area contributed by atoms with Crippen molar-refractivity contribution in [3.05, 3.63) is 18.3 Å². The maximum absolute atomic E-state index is 12.7. The summed E-state index contributed by atoms with van der Waals surface area (Å²) in [4.78, 5) is 7.36. The van der Waals surface area contributed by atoms with Crippen LogP contribution < -0.4 is 5.32 Å². The van der Waals surface area contributed by atoms with E-state index in [-0.39, 0.29) is 0 Å². The molecule has 2 rings (SSSR count). The topological polar surface area (TPSA) is 37.8 Å². The SMILES string of the molecule is Fc1cc(NCC2CCCCS2)ncn1. The standard InChI is InChI=1S/C10H14FN3S/c11-9-5-10(14-7-13-9)12-6-8-3-1-2-4-15-8/h5,7-8H,1-4,6H2,(H,12,13,14). The fraction of sp³-hybridized carbons (Fsp3) is 0.600. The lowest BCUT2D eigenvalue weighted by Crippen LogP contribution is -2.20. The lowest BCUT2D eigenvalue weighted by Gasteiger charge is -2.21. The van der Waals surface area contributed by atoms with E-state index in [1.807, 2.05) is 11.8 Å². The van der Waals surface area contributed by atoms with Crippen molar-refractivity contribution in [1.82, 2.24) is 9.97 Å². The Balaban J connectivity index is 1.81. The van der Waals surface area contributed by atoms with Crippen LogP contribution in [0.15, 0.2) is 12.4 Å². The van der Waals surface area contributed by atoms with Crippen LogP contribution in [0.3, 0.4) is 0 Å². The zero-order valence-corrected chi connectivity index (χ0v) is 9.26. The van der Waals surface area contributed by atoms with Gasteiger partial charge in [-0.15, -0.1) is 0 Å². The van der Waals surface area contributed by atoms with Gasteiger partial charge in [0.15, 0.2) is 0 Å². The van der Waals surface area contributed by atoms with Crippen LogP contribution in [0.25, 0.3) is 0 Å². The van der Waals surface area contributed by atoms with Crippen LogP contribution >= 0.6 is 11.8 Å². The summed E-state index contributed by atoms with van der Waals surface area (Å²) in [6.07, 6.45) is 5.11. The molecule has 5 heteroatoms. The fourth-order valence-corrected chi connectivity index (χ4v) is 2.86.